The maximum atomic E-state index is 11.5. The van der Waals surface area contributed by atoms with E-state index in [1.54, 1.807) is 0 Å². The van der Waals surface area contributed by atoms with Crippen LogP contribution in [0.25, 0.3) is 0 Å². The van der Waals surface area contributed by atoms with Gasteiger partial charge in [-0.2, -0.15) is 0 Å². The third-order valence-electron chi connectivity index (χ3n) is 3.28. The van der Waals surface area contributed by atoms with Gasteiger partial charge in [0.05, 0.1) is 17.2 Å². The largest absolute Gasteiger partial charge is 0.359 e. The molecular formula is C13H22N4O3S. The number of aromatic nitrogens is 1. The summed E-state index contributed by atoms with van der Waals surface area (Å²) in [5.74, 6) is 1.71. The van der Waals surface area contributed by atoms with Gasteiger partial charge >= 0.3 is 0 Å². The first-order valence-corrected chi connectivity index (χ1v) is 9.04. The first-order chi connectivity index (χ1) is 10.0. The normalized spacial score (nSPS) is 21.4. The smallest absolute Gasteiger partial charge is 0.191 e. The zero-order chi connectivity index (χ0) is 15.3. The number of nitrogens with one attached hydrogen (secondary N) is 2. The van der Waals surface area contributed by atoms with E-state index in [1.807, 2.05) is 19.9 Å². The van der Waals surface area contributed by atoms with Crippen molar-refractivity contribution in [3.05, 3.63) is 17.5 Å². The van der Waals surface area contributed by atoms with Crippen molar-refractivity contribution in [1.29, 1.82) is 0 Å². The highest BCUT2D eigenvalue weighted by molar-refractivity contribution is 7.91. The summed E-state index contributed by atoms with van der Waals surface area (Å²) in [6.07, 6.45) is 1.44. The number of guanidine groups is 1. The minimum absolute atomic E-state index is 0.0753. The summed E-state index contributed by atoms with van der Waals surface area (Å²) in [5, 5.41) is 10.2. The lowest BCUT2D eigenvalue weighted by atomic mass is 10.3. The zero-order valence-corrected chi connectivity index (χ0v) is 13.2. The van der Waals surface area contributed by atoms with E-state index < -0.39 is 9.84 Å². The third kappa shape index (κ3) is 4.73. The van der Waals surface area contributed by atoms with E-state index in [-0.39, 0.29) is 17.5 Å². The molecule has 0 spiro atoms. The van der Waals surface area contributed by atoms with Crippen molar-refractivity contribution >= 4 is 15.8 Å². The molecule has 1 fully saturated rings. The molecule has 0 saturated carbocycles. The highest BCUT2D eigenvalue weighted by Crippen LogP contribution is 2.11. The van der Waals surface area contributed by atoms with Gasteiger partial charge in [-0.1, -0.05) is 12.1 Å². The van der Waals surface area contributed by atoms with Crippen molar-refractivity contribution in [2.75, 3.05) is 18.1 Å². The Bertz CT molecular complexity index is 594. The Hall–Kier alpha value is -1.57. The summed E-state index contributed by atoms with van der Waals surface area (Å²) in [5.41, 5.74) is 0.903. The Labute approximate surface area is 125 Å². The zero-order valence-electron chi connectivity index (χ0n) is 12.4. The molecule has 0 bridgehead atoms. The number of hydrogen-bond acceptors (Lipinski definition) is 5. The maximum Gasteiger partial charge on any atom is 0.191 e. The molecule has 2 rings (SSSR count). The lowest BCUT2D eigenvalue weighted by molar-refractivity contribution is 0.379. The van der Waals surface area contributed by atoms with Crippen LogP contribution in [0.3, 0.4) is 0 Å². The van der Waals surface area contributed by atoms with E-state index >= 15 is 0 Å². The van der Waals surface area contributed by atoms with Crippen LogP contribution in [-0.2, 0) is 22.8 Å². The van der Waals surface area contributed by atoms with Gasteiger partial charge in [0.15, 0.2) is 21.6 Å². The topological polar surface area (TPSA) is 96.6 Å². The summed E-state index contributed by atoms with van der Waals surface area (Å²) in [7, 11) is -2.90. The number of hydrogen-bond donors (Lipinski definition) is 2. The van der Waals surface area contributed by atoms with Gasteiger partial charge in [0.1, 0.15) is 6.54 Å². The molecule has 2 N–H and O–H groups in total. The molecule has 0 radical (unpaired) electrons. The molecule has 0 aromatic carbocycles. The molecule has 118 valence electrons. The molecule has 1 atom stereocenters. The second kappa shape index (κ2) is 6.93. The third-order valence-corrected chi connectivity index (χ3v) is 5.05. The molecule has 21 heavy (non-hydrogen) atoms. The van der Waals surface area contributed by atoms with Crippen LogP contribution in [-0.4, -0.2) is 43.6 Å². The minimum Gasteiger partial charge on any atom is -0.359 e. The molecule has 1 saturated heterocycles. The van der Waals surface area contributed by atoms with Crippen LogP contribution in [0.1, 0.15) is 31.7 Å². The maximum absolute atomic E-state index is 11.5. The van der Waals surface area contributed by atoms with E-state index in [4.69, 9.17) is 4.52 Å². The van der Waals surface area contributed by atoms with E-state index in [9.17, 15) is 8.42 Å². The van der Waals surface area contributed by atoms with Gasteiger partial charge in [0.25, 0.3) is 0 Å². The summed E-state index contributed by atoms with van der Waals surface area (Å²) in [4.78, 5) is 4.41. The first kappa shape index (κ1) is 15.8. The predicted molar refractivity (Wildman–Crippen MR) is 80.9 cm³/mol. The quantitative estimate of drug-likeness (QED) is 0.606. The first-order valence-electron chi connectivity index (χ1n) is 7.22. The number of aliphatic imine (C=N–C) groups is 1. The van der Waals surface area contributed by atoms with Crippen molar-refractivity contribution in [1.82, 2.24) is 15.8 Å². The molecular weight excluding hydrogens is 292 g/mol. The second-order valence-electron chi connectivity index (χ2n) is 5.08. The Kier molecular flexibility index (Phi) is 5.22. The Morgan fingerprint density at radius 2 is 2.33 bits per heavy atom. The Morgan fingerprint density at radius 1 is 1.52 bits per heavy atom. The predicted octanol–water partition coefficient (Wildman–Crippen LogP) is 0.479. The molecule has 1 unspecified atom stereocenters. The van der Waals surface area contributed by atoms with Gasteiger partial charge in [-0.25, -0.2) is 13.4 Å². The molecule has 7 nitrogen and oxygen atoms in total. The molecule has 1 aliphatic rings. The van der Waals surface area contributed by atoms with Crippen molar-refractivity contribution in [2.45, 2.75) is 39.3 Å². The number of nitrogens with zero attached hydrogens (tertiary/aromatic N) is 2. The van der Waals surface area contributed by atoms with E-state index in [0.717, 1.165) is 12.1 Å². The number of aryl methyl sites for hydroxylation is 1. The molecule has 0 amide bonds. The van der Waals surface area contributed by atoms with E-state index in [2.05, 4.69) is 20.8 Å². The van der Waals surface area contributed by atoms with Crippen LogP contribution in [0.2, 0.25) is 0 Å². The summed E-state index contributed by atoms with van der Waals surface area (Å²) < 4.78 is 28.1. The van der Waals surface area contributed by atoms with Gasteiger partial charge < -0.3 is 15.2 Å². The monoisotopic (exact) mass is 314 g/mol. The van der Waals surface area contributed by atoms with Crippen LogP contribution in [0.5, 0.6) is 0 Å². The summed E-state index contributed by atoms with van der Waals surface area (Å²) >= 11 is 0. The summed E-state index contributed by atoms with van der Waals surface area (Å²) in [6, 6.07) is 1.81. The molecule has 8 heteroatoms. The average molecular weight is 314 g/mol. The highest BCUT2D eigenvalue weighted by atomic mass is 32.2. The van der Waals surface area contributed by atoms with Gasteiger partial charge in [-0.3, -0.25) is 0 Å². The fraction of sp³-hybridized carbons (Fsp3) is 0.692. The van der Waals surface area contributed by atoms with Crippen LogP contribution in [0, 0.1) is 0 Å². The van der Waals surface area contributed by atoms with Crippen molar-refractivity contribution < 1.29 is 12.9 Å². The Morgan fingerprint density at radius 3 is 2.90 bits per heavy atom. The van der Waals surface area contributed by atoms with Crippen LogP contribution in [0.15, 0.2) is 15.6 Å². The van der Waals surface area contributed by atoms with E-state index in [0.29, 0.717) is 31.2 Å². The molecule has 0 aliphatic carbocycles. The van der Waals surface area contributed by atoms with Gasteiger partial charge in [-0.15, -0.1) is 0 Å². The number of rotatable bonds is 5. The van der Waals surface area contributed by atoms with Crippen molar-refractivity contribution in [2.24, 2.45) is 4.99 Å². The lowest BCUT2D eigenvalue weighted by Gasteiger charge is -2.15. The second-order valence-corrected chi connectivity index (χ2v) is 7.31. The van der Waals surface area contributed by atoms with Crippen LogP contribution >= 0.6 is 0 Å². The van der Waals surface area contributed by atoms with Crippen molar-refractivity contribution in [3.63, 3.8) is 0 Å². The van der Waals surface area contributed by atoms with Gasteiger partial charge in [-0.05, 0) is 19.8 Å². The molecule has 2 heterocycles. The molecule has 1 aliphatic heterocycles. The van der Waals surface area contributed by atoms with Crippen LogP contribution in [0.4, 0.5) is 0 Å². The van der Waals surface area contributed by atoms with Gasteiger partial charge in [0.2, 0.25) is 0 Å². The standard InChI is InChI=1S/C13H22N4O3S/c1-3-10-7-12(20-17-10)8-15-13(14-4-2)16-11-5-6-21(18,19)9-11/h7,11H,3-6,8-9H2,1-2H3,(H2,14,15,16). The molecule has 1 aromatic rings. The van der Waals surface area contributed by atoms with Gasteiger partial charge in [0, 0.05) is 18.7 Å². The highest BCUT2D eigenvalue weighted by Gasteiger charge is 2.28. The number of sulfone groups is 1. The molecule has 1 aromatic heterocycles. The average Bonchev–Trinajstić information content (AvgIpc) is 3.02. The lowest BCUT2D eigenvalue weighted by Crippen LogP contribution is -2.44. The Balaban J connectivity index is 1.96. The van der Waals surface area contributed by atoms with Crippen LogP contribution < -0.4 is 10.6 Å². The minimum atomic E-state index is -2.90. The fourth-order valence-corrected chi connectivity index (χ4v) is 3.85. The van der Waals surface area contributed by atoms with E-state index in [1.165, 1.54) is 0 Å². The SMILES string of the molecule is CCNC(=NCc1cc(CC)no1)NC1CCS(=O)(=O)C1. The summed E-state index contributed by atoms with van der Waals surface area (Å²) in [6.45, 7) is 5.06. The van der Waals surface area contributed by atoms with Crippen molar-refractivity contribution in [3.8, 4) is 0 Å². The fourth-order valence-electron chi connectivity index (χ4n) is 2.18.